The molecule has 0 bridgehead atoms. The van der Waals surface area contributed by atoms with Crippen molar-refractivity contribution in [1.29, 1.82) is 0 Å². The van der Waals surface area contributed by atoms with Gasteiger partial charge in [-0.2, -0.15) is 0 Å². The van der Waals surface area contributed by atoms with E-state index in [2.05, 4.69) is 83.7 Å². The molecule has 5 nitrogen and oxygen atoms in total. The first kappa shape index (κ1) is 50.0. The molecule has 0 N–H and O–H groups in total. The van der Waals surface area contributed by atoms with Crippen LogP contribution in [0.4, 0.5) is 0 Å². The van der Waals surface area contributed by atoms with Crippen LogP contribution in [0.25, 0.3) is 0 Å². The van der Waals surface area contributed by atoms with Crippen molar-refractivity contribution >= 4 is 0 Å². The summed E-state index contributed by atoms with van der Waals surface area (Å²) in [6.45, 7) is 24.5. The molecule has 3 saturated carbocycles. The van der Waals surface area contributed by atoms with Gasteiger partial charge in [-0.25, -0.2) is 0 Å². The Balaban J connectivity index is 0.928. The Morgan fingerprint density at radius 2 is 1.53 bits per heavy atom. The summed E-state index contributed by atoms with van der Waals surface area (Å²) in [5.74, 6) is 4.55. The predicted octanol–water partition coefficient (Wildman–Crippen LogP) is 14.4. The van der Waals surface area contributed by atoms with Gasteiger partial charge in [-0.15, -0.1) is 0 Å². The molecule has 1 aliphatic heterocycles. The molecule has 0 spiro atoms. The SMILES string of the molecule is CCC/C=C\C/C=C\CCCCCCCCOCC(CN1CCC(C)(C)C1)OCCOCCO[C@H]1CC[C@@]2(C)C(=CC[C@H]3C4CCC(CCCCC(C)C)[C@@]4(C)CCC32)C1. The number of unbranched alkanes of at least 4 members (excludes halogenated alkanes) is 8. The van der Waals surface area contributed by atoms with Gasteiger partial charge in [0.05, 0.1) is 45.2 Å². The molecule has 5 heteroatoms. The normalized spacial score (nSPS) is 30.9. The highest BCUT2D eigenvalue weighted by Crippen LogP contribution is 2.67. The fourth-order valence-corrected chi connectivity index (χ4v) is 12.8. The smallest absolute Gasteiger partial charge is 0.0936 e. The summed E-state index contributed by atoms with van der Waals surface area (Å²) in [5.41, 5.74) is 3.11. The summed E-state index contributed by atoms with van der Waals surface area (Å²) in [5, 5.41) is 0. The third kappa shape index (κ3) is 15.6. The van der Waals surface area contributed by atoms with Gasteiger partial charge in [0.2, 0.25) is 0 Å². The van der Waals surface area contributed by atoms with Crippen molar-refractivity contribution in [2.24, 2.45) is 45.8 Å². The van der Waals surface area contributed by atoms with Crippen molar-refractivity contribution in [3.05, 3.63) is 36.0 Å². The molecule has 0 amide bonds. The second-order valence-electron chi connectivity index (χ2n) is 22.2. The number of ether oxygens (including phenoxy) is 4. The van der Waals surface area contributed by atoms with Gasteiger partial charge in [0.25, 0.3) is 0 Å². The lowest BCUT2D eigenvalue weighted by Gasteiger charge is -2.58. The molecule has 5 aliphatic rings. The highest BCUT2D eigenvalue weighted by molar-refractivity contribution is 5.25. The molecule has 0 aromatic rings. The summed E-state index contributed by atoms with van der Waals surface area (Å²) in [4.78, 5) is 2.57. The lowest BCUT2D eigenvalue weighted by Crippen LogP contribution is -2.50. The summed E-state index contributed by atoms with van der Waals surface area (Å²) < 4.78 is 25.2. The van der Waals surface area contributed by atoms with Crippen LogP contribution in [0.3, 0.4) is 0 Å². The van der Waals surface area contributed by atoms with Crippen molar-refractivity contribution in [2.75, 3.05) is 59.3 Å². The fourth-order valence-electron chi connectivity index (χ4n) is 12.8. The maximum atomic E-state index is 6.51. The van der Waals surface area contributed by atoms with Crippen LogP contribution in [0.15, 0.2) is 36.0 Å². The van der Waals surface area contributed by atoms with Crippen molar-refractivity contribution in [1.82, 2.24) is 4.90 Å². The Morgan fingerprint density at radius 3 is 2.32 bits per heavy atom. The monoisotopic (exact) mass is 836 g/mol. The number of hydrogen-bond acceptors (Lipinski definition) is 5. The standard InChI is InChI=1S/C55H97NO4/c1-8-9-10-11-12-13-14-15-16-17-18-19-20-23-36-58-43-49(42-56-35-34-53(4,5)44-56)60-40-38-57-37-39-59-48-30-32-55(7)47(41-48)26-28-50-51-29-27-46(25-22-21-24-45(2)3)54(51,6)33-31-52(50)55/h10-11,13-14,26,45-46,48-52H,8-9,12,15-25,27-44H2,1-7H3/b11-10-,14-13-/t46?,48-,49?,50-,51?,52?,54+,55-/m0/s1. The number of rotatable bonds is 30. The second-order valence-corrected chi connectivity index (χ2v) is 22.2. The van der Waals surface area contributed by atoms with Crippen LogP contribution in [-0.4, -0.2) is 76.4 Å². The quantitative estimate of drug-likeness (QED) is 0.0532. The lowest BCUT2D eigenvalue weighted by atomic mass is 9.47. The largest absolute Gasteiger partial charge is 0.379 e. The Morgan fingerprint density at radius 1 is 0.750 bits per heavy atom. The Kier molecular flexibility index (Phi) is 21.8. The van der Waals surface area contributed by atoms with Crippen LogP contribution < -0.4 is 0 Å². The minimum absolute atomic E-state index is 0.0985. The molecular weight excluding hydrogens is 739 g/mol. The van der Waals surface area contributed by atoms with Crippen LogP contribution >= 0.6 is 0 Å². The summed E-state index contributed by atoms with van der Waals surface area (Å²) in [6, 6.07) is 0. The molecule has 4 unspecified atom stereocenters. The zero-order valence-electron chi connectivity index (χ0n) is 40.6. The maximum absolute atomic E-state index is 6.51. The minimum atomic E-state index is 0.0985. The molecule has 1 saturated heterocycles. The third-order valence-electron chi connectivity index (χ3n) is 16.5. The minimum Gasteiger partial charge on any atom is -0.379 e. The van der Waals surface area contributed by atoms with Crippen molar-refractivity contribution in [3.8, 4) is 0 Å². The Labute approximate surface area is 372 Å². The second kappa shape index (κ2) is 26.1. The Hall–Kier alpha value is -0.980. The molecule has 5 rings (SSSR count). The lowest BCUT2D eigenvalue weighted by molar-refractivity contribution is -0.0707. The molecule has 4 fully saturated rings. The van der Waals surface area contributed by atoms with E-state index in [0.717, 1.165) is 75.1 Å². The maximum Gasteiger partial charge on any atom is 0.0936 e. The van der Waals surface area contributed by atoms with Crippen LogP contribution in [0.5, 0.6) is 0 Å². The van der Waals surface area contributed by atoms with Crippen molar-refractivity contribution in [2.45, 2.75) is 208 Å². The Bertz CT molecular complexity index is 1270. The van der Waals surface area contributed by atoms with Crippen LogP contribution in [-0.2, 0) is 18.9 Å². The highest BCUT2D eigenvalue weighted by Gasteiger charge is 2.58. The number of likely N-dealkylation sites (tertiary alicyclic amines) is 1. The van der Waals surface area contributed by atoms with Gasteiger partial charge in [-0.3, -0.25) is 0 Å². The van der Waals surface area contributed by atoms with Crippen molar-refractivity contribution < 1.29 is 18.9 Å². The number of fused-ring (bicyclic) bond motifs is 5. The summed E-state index contributed by atoms with van der Waals surface area (Å²) in [7, 11) is 0. The molecule has 4 aliphatic carbocycles. The van der Waals surface area contributed by atoms with E-state index in [4.69, 9.17) is 18.9 Å². The van der Waals surface area contributed by atoms with E-state index >= 15 is 0 Å². The van der Waals surface area contributed by atoms with Crippen LogP contribution in [0.2, 0.25) is 0 Å². The first-order chi connectivity index (χ1) is 29.0. The molecule has 346 valence electrons. The first-order valence-corrected chi connectivity index (χ1v) is 26.1. The van der Waals surface area contributed by atoms with Gasteiger partial charge in [0, 0.05) is 19.7 Å². The van der Waals surface area contributed by atoms with E-state index in [1.54, 1.807) is 5.57 Å². The summed E-state index contributed by atoms with van der Waals surface area (Å²) >= 11 is 0. The van der Waals surface area contributed by atoms with Crippen molar-refractivity contribution in [3.63, 3.8) is 0 Å². The molecule has 0 aromatic carbocycles. The molecular formula is C55H97NO4. The molecule has 1 heterocycles. The third-order valence-corrected chi connectivity index (χ3v) is 16.5. The topological polar surface area (TPSA) is 40.2 Å². The van der Waals surface area contributed by atoms with Crippen LogP contribution in [0, 0.1) is 45.8 Å². The highest BCUT2D eigenvalue weighted by atomic mass is 16.6. The zero-order chi connectivity index (χ0) is 42.7. The van der Waals surface area contributed by atoms with Gasteiger partial charge in [0.15, 0.2) is 0 Å². The molecule has 0 radical (unpaired) electrons. The van der Waals surface area contributed by atoms with E-state index in [9.17, 15) is 0 Å². The van der Waals surface area contributed by atoms with Gasteiger partial charge in [-0.1, -0.05) is 136 Å². The average molecular weight is 836 g/mol. The fraction of sp³-hybridized carbons (Fsp3) is 0.891. The van der Waals surface area contributed by atoms with E-state index in [1.165, 1.54) is 128 Å². The van der Waals surface area contributed by atoms with Gasteiger partial charge in [-0.05, 0) is 149 Å². The summed E-state index contributed by atoms with van der Waals surface area (Å²) in [6.07, 6.45) is 42.8. The molecule has 60 heavy (non-hydrogen) atoms. The van der Waals surface area contributed by atoms with Gasteiger partial charge in [0.1, 0.15) is 0 Å². The van der Waals surface area contributed by atoms with E-state index < -0.39 is 0 Å². The predicted molar refractivity (Wildman–Crippen MR) is 255 cm³/mol. The molecule has 0 aromatic heterocycles. The number of nitrogens with zero attached hydrogens (tertiary/aromatic N) is 1. The van der Waals surface area contributed by atoms with Gasteiger partial charge >= 0.3 is 0 Å². The first-order valence-electron chi connectivity index (χ1n) is 26.1. The van der Waals surface area contributed by atoms with Crippen LogP contribution in [0.1, 0.15) is 196 Å². The zero-order valence-corrected chi connectivity index (χ0v) is 40.6. The van der Waals surface area contributed by atoms with Gasteiger partial charge < -0.3 is 23.8 Å². The average Bonchev–Trinajstić information content (AvgIpc) is 3.75. The molecule has 8 atom stereocenters. The van der Waals surface area contributed by atoms with E-state index in [0.29, 0.717) is 55.4 Å². The number of hydrogen-bond donors (Lipinski definition) is 0. The van der Waals surface area contributed by atoms with E-state index in [-0.39, 0.29) is 6.10 Å². The van der Waals surface area contributed by atoms with E-state index in [1.807, 2.05) is 0 Å². The number of allylic oxidation sites excluding steroid dienone is 5.